The summed E-state index contributed by atoms with van der Waals surface area (Å²) in [6.45, 7) is 0. The number of hydrogen-bond acceptors (Lipinski definition) is 4. The molecular formula is C16H14N2O4. The van der Waals surface area contributed by atoms with Crippen molar-refractivity contribution in [2.24, 2.45) is 0 Å². The number of nitrogens with zero attached hydrogens (tertiary/aromatic N) is 2. The molecule has 112 valence electrons. The number of aromatic nitrogens is 2. The second kappa shape index (κ2) is 4.37. The van der Waals surface area contributed by atoms with E-state index in [-0.39, 0.29) is 5.75 Å². The highest BCUT2D eigenvalue weighted by molar-refractivity contribution is 6.14. The van der Waals surface area contributed by atoms with Crippen molar-refractivity contribution >= 4 is 27.9 Å². The van der Waals surface area contributed by atoms with Crippen LogP contribution in [0, 0.1) is 0 Å². The predicted molar refractivity (Wildman–Crippen MR) is 80.9 cm³/mol. The van der Waals surface area contributed by atoms with E-state index >= 15 is 0 Å². The third-order valence-electron chi connectivity index (χ3n) is 4.16. The molecule has 1 aromatic carbocycles. The fourth-order valence-corrected chi connectivity index (χ4v) is 3.04. The zero-order chi connectivity index (χ0) is 15.4. The molecule has 0 amide bonds. The first-order valence-corrected chi connectivity index (χ1v) is 7.05. The molecule has 3 aromatic rings. The molecule has 1 aliphatic rings. The van der Waals surface area contributed by atoms with E-state index in [0.29, 0.717) is 22.7 Å². The van der Waals surface area contributed by atoms with E-state index in [9.17, 15) is 15.0 Å². The Balaban J connectivity index is 2.22. The largest absolute Gasteiger partial charge is 0.504 e. The van der Waals surface area contributed by atoms with Crippen LogP contribution in [0.25, 0.3) is 21.8 Å². The van der Waals surface area contributed by atoms with Gasteiger partial charge in [-0.25, -0.2) is 9.36 Å². The summed E-state index contributed by atoms with van der Waals surface area (Å²) in [5.41, 5.74) is 1.96. The van der Waals surface area contributed by atoms with Crippen molar-refractivity contribution in [3.05, 3.63) is 30.1 Å². The van der Waals surface area contributed by atoms with Crippen LogP contribution >= 0.6 is 0 Å². The molecule has 0 atom stereocenters. The van der Waals surface area contributed by atoms with Crippen LogP contribution < -0.4 is 4.74 Å². The number of methoxy groups -OCH3 is 1. The molecular weight excluding hydrogens is 284 g/mol. The van der Waals surface area contributed by atoms with Gasteiger partial charge in [-0.1, -0.05) is 0 Å². The van der Waals surface area contributed by atoms with Crippen LogP contribution in [0.3, 0.4) is 0 Å². The summed E-state index contributed by atoms with van der Waals surface area (Å²) in [7, 11) is 1.47. The fourth-order valence-electron chi connectivity index (χ4n) is 3.04. The molecule has 2 N–H and O–H groups in total. The molecule has 0 bridgehead atoms. The molecule has 0 unspecified atom stereocenters. The summed E-state index contributed by atoms with van der Waals surface area (Å²) in [6.07, 6.45) is 2.70. The maximum atomic E-state index is 11.7. The smallest absolute Gasteiger partial charge is 0.416 e. The third kappa shape index (κ3) is 1.67. The standard InChI is InChI=1S/C16H14N2O4/c1-22-13-6-9-11(7-12(13)19)18(16(20)21)10-4-5-17-15(14(9)10)8-2-3-8/h4-8,19H,2-3H2,1H3,(H,20,21). The minimum Gasteiger partial charge on any atom is -0.504 e. The maximum absolute atomic E-state index is 11.7. The van der Waals surface area contributed by atoms with Gasteiger partial charge in [0.05, 0.1) is 23.8 Å². The molecule has 1 aliphatic carbocycles. The lowest BCUT2D eigenvalue weighted by Crippen LogP contribution is -2.07. The summed E-state index contributed by atoms with van der Waals surface area (Å²) >= 11 is 0. The highest BCUT2D eigenvalue weighted by Gasteiger charge is 2.30. The lowest BCUT2D eigenvalue weighted by Gasteiger charge is -2.04. The van der Waals surface area contributed by atoms with Crippen molar-refractivity contribution < 1.29 is 19.7 Å². The van der Waals surface area contributed by atoms with Gasteiger partial charge < -0.3 is 14.9 Å². The van der Waals surface area contributed by atoms with E-state index in [0.717, 1.165) is 29.3 Å². The second-order valence-corrected chi connectivity index (χ2v) is 5.52. The van der Waals surface area contributed by atoms with Crippen LogP contribution in [0.2, 0.25) is 0 Å². The summed E-state index contributed by atoms with van der Waals surface area (Å²) in [5.74, 6) is 0.625. The van der Waals surface area contributed by atoms with Crippen LogP contribution in [-0.4, -0.2) is 33.0 Å². The van der Waals surface area contributed by atoms with Gasteiger partial charge in [0, 0.05) is 29.0 Å². The SMILES string of the molecule is COc1cc2c3c(C4CC4)nccc3n(C(=O)O)c2cc1O. The van der Waals surface area contributed by atoms with Crippen LogP contribution in [0.1, 0.15) is 24.5 Å². The average Bonchev–Trinajstić information content (AvgIpc) is 3.28. The van der Waals surface area contributed by atoms with Crippen molar-refractivity contribution in [1.29, 1.82) is 0 Å². The molecule has 1 fully saturated rings. The highest BCUT2D eigenvalue weighted by Crippen LogP contribution is 2.45. The molecule has 6 heteroatoms. The van der Waals surface area contributed by atoms with E-state index in [1.54, 1.807) is 18.3 Å². The second-order valence-electron chi connectivity index (χ2n) is 5.52. The minimum atomic E-state index is -1.09. The Morgan fingerprint density at radius 3 is 2.77 bits per heavy atom. The van der Waals surface area contributed by atoms with Gasteiger partial charge in [0.1, 0.15) is 0 Å². The summed E-state index contributed by atoms with van der Waals surface area (Å²) in [5, 5.41) is 21.1. The summed E-state index contributed by atoms with van der Waals surface area (Å²) < 4.78 is 6.35. The maximum Gasteiger partial charge on any atom is 0.416 e. The normalized spacial score (nSPS) is 14.6. The Morgan fingerprint density at radius 1 is 1.36 bits per heavy atom. The van der Waals surface area contributed by atoms with Crippen molar-refractivity contribution in [2.75, 3.05) is 7.11 Å². The molecule has 4 rings (SSSR count). The number of phenolic OH excluding ortho intramolecular Hbond substituents is 1. The molecule has 2 heterocycles. The quantitative estimate of drug-likeness (QED) is 0.758. The first kappa shape index (κ1) is 12.9. The molecule has 22 heavy (non-hydrogen) atoms. The Kier molecular flexibility index (Phi) is 2.57. The molecule has 0 saturated heterocycles. The zero-order valence-electron chi connectivity index (χ0n) is 11.9. The number of pyridine rings is 1. The Hall–Kier alpha value is -2.76. The van der Waals surface area contributed by atoms with Crippen LogP contribution in [-0.2, 0) is 0 Å². The first-order chi connectivity index (χ1) is 10.6. The van der Waals surface area contributed by atoms with E-state index in [1.165, 1.54) is 17.7 Å². The van der Waals surface area contributed by atoms with Gasteiger partial charge >= 0.3 is 6.09 Å². The van der Waals surface area contributed by atoms with Gasteiger partial charge in [0.25, 0.3) is 0 Å². The summed E-state index contributed by atoms with van der Waals surface area (Å²) in [6, 6.07) is 4.80. The molecule has 0 radical (unpaired) electrons. The van der Waals surface area contributed by atoms with E-state index < -0.39 is 6.09 Å². The average molecular weight is 298 g/mol. The van der Waals surface area contributed by atoms with Crippen molar-refractivity contribution in [3.8, 4) is 11.5 Å². The number of rotatable bonds is 2. The topological polar surface area (TPSA) is 84.6 Å². The lowest BCUT2D eigenvalue weighted by atomic mass is 10.1. The number of benzene rings is 1. The van der Waals surface area contributed by atoms with Crippen molar-refractivity contribution in [1.82, 2.24) is 9.55 Å². The van der Waals surface area contributed by atoms with Gasteiger partial charge in [-0.15, -0.1) is 0 Å². The minimum absolute atomic E-state index is 0.0822. The predicted octanol–water partition coefficient (Wildman–Crippen LogP) is 3.31. The molecule has 2 aromatic heterocycles. The number of ether oxygens (including phenoxy) is 1. The Morgan fingerprint density at radius 2 is 2.14 bits per heavy atom. The van der Waals surface area contributed by atoms with Gasteiger partial charge in [0.15, 0.2) is 11.5 Å². The van der Waals surface area contributed by atoms with Gasteiger partial charge in [-0.2, -0.15) is 0 Å². The zero-order valence-corrected chi connectivity index (χ0v) is 11.9. The summed E-state index contributed by atoms with van der Waals surface area (Å²) in [4.78, 5) is 16.1. The number of aromatic hydroxyl groups is 1. The van der Waals surface area contributed by atoms with Crippen molar-refractivity contribution in [2.45, 2.75) is 18.8 Å². The highest BCUT2D eigenvalue weighted by atomic mass is 16.5. The number of carboxylic acid groups (broad SMARTS) is 1. The number of phenols is 1. The first-order valence-electron chi connectivity index (χ1n) is 7.05. The number of carbonyl (C=O) groups is 1. The number of fused-ring (bicyclic) bond motifs is 3. The molecule has 0 spiro atoms. The number of hydrogen-bond donors (Lipinski definition) is 2. The molecule has 0 aliphatic heterocycles. The van der Waals surface area contributed by atoms with Crippen LogP contribution in [0.15, 0.2) is 24.4 Å². The van der Waals surface area contributed by atoms with E-state index in [1.807, 2.05) is 0 Å². The van der Waals surface area contributed by atoms with Crippen LogP contribution in [0.5, 0.6) is 11.5 Å². The Labute approximate surface area is 125 Å². The molecule has 6 nitrogen and oxygen atoms in total. The fraction of sp³-hybridized carbons (Fsp3) is 0.250. The third-order valence-corrected chi connectivity index (χ3v) is 4.16. The lowest BCUT2D eigenvalue weighted by molar-refractivity contribution is 0.198. The van der Waals surface area contributed by atoms with Crippen LogP contribution in [0.4, 0.5) is 4.79 Å². The van der Waals surface area contributed by atoms with Crippen molar-refractivity contribution in [3.63, 3.8) is 0 Å². The monoisotopic (exact) mass is 298 g/mol. The Bertz CT molecular complexity index is 925. The van der Waals surface area contributed by atoms with Gasteiger partial charge in [0.2, 0.25) is 0 Å². The van der Waals surface area contributed by atoms with Gasteiger partial charge in [-0.3, -0.25) is 4.98 Å². The van der Waals surface area contributed by atoms with E-state index in [4.69, 9.17) is 4.74 Å². The molecule has 1 saturated carbocycles. The van der Waals surface area contributed by atoms with E-state index in [2.05, 4.69) is 4.98 Å². The van der Waals surface area contributed by atoms with Gasteiger partial charge in [-0.05, 0) is 25.0 Å².